The van der Waals surface area contributed by atoms with Gasteiger partial charge in [-0.25, -0.2) is 0 Å². The molecule has 1 saturated heterocycles. The lowest BCUT2D eigenvalue weighted by atomic mass is 10.1. The van der Waals surface area contributed by atoms with E-state index in [1.807, 2.05) is 64.3 Å². The second kappa shape index (κ2) is 7.29. The minimum Gasteiger partial charge on any atom is -0.423 e. The Hall–Kier alpha value is -3.25. The summed E-state index contributed by atoms with van der Waals surface area (Å²) >= 11 is 6.01. The van der Waals surface area contributed by atoms with Gasteiger partial charge in [-0.2, -0.15) is 4.98 Å². The van der Waals surface area contributed by atoms with Crippen molar-refractivity contribution in [1.82, 2.24) is 14.5 Å². The van der Waals surface area contributed by atoms with E-state index in [0.29, 0.717) is 35.3 Å². The number of anilines is 1. The molecule has 0 saturated carbocycles. The lowest BCUT2D eigenvalue weighted by molar-refractivity contribution is 0.0791. The highest BCUT2D eigenvalue weighted by molar-refractivity contribution is 6.31. The van der Waals surface area contributed by atoms with Crippen LogP contribution < -0.4 is 5.32 Å². The van der Waals surface area contributed by atoms with E-state index in [-0.39, 0.29) is 11.9 Å². The molecule has 1 fully saturated rings. The molecule has 0 spiro atoms. The molecular formula is C22H19ClN4O2. The van der Waals surface area contributed by atoms with Crippen LogP contribution in [0.2, 0.25) is 5.02 Å². The van der Waals surface area contributed by atoms with Gasteiger partial charge in [-0.3, -0.25) is 4.79 Å². The molecule has 146 valence electrons. The number of carbonyl (C=O) groups is 1. The summed E-state index contributed by atoms with van der Waals surface area (Å²) in [5.41, 5.74) is 2.98. The Kier molecular flexibility index (Phi) is 4.48. The maximum atomic E-state index is 13.2. The zero-order chi connectivity index (χ0) is 19.8. The van der Waals surface area contributed by atoms with Crippen LogP contribution in [0.4, 0.5) is 6.01 Å². The third-order valence-electron chi connectivity index (χ3n) is 5.17. The molecule has 29 heavy (non-hydrogen) atoms. The van der Waals surface area contributed by atoms with Crippen molar-refractivity contribution < 1.29 is 9.21 Å². The van der Waals surface area contributed by atoms with Crippen LogP contribution in [0.25, 0.3) is 16.8 Å². The first-order valence-electron chi connectivity index (χ1n) is 9.52. The van der Waals surface area contributed by atoms with Gasteiger partial charge < -0.3 is 19.2 Å². The van der Waals surface area contributed by atoms with Gasteiger partial charge in [-0.15, -0.1) is 0 Å². The van der Waals surface area contributed by atoms with Crippen LogP contribution in [0.15, 0.2) is 71.4 Å². The van der Waals surface area contributed by atoms with Gasteiger partial charge in [0.1, 0.15) is 5.52 Å². The van der Waals surface area contributed by atoms with Crippen LogP contribution >= 0.6 is 11.6 Å². The Morgan fingerprint density at radius 2 is 1.97 bits per heavy atom. The number of nitrogens with one attached hydrogen (secondary N) is 1. The van der Waals surface area contributed by atoms with Crippen molar-refractivity contribution in [1.29, 1.82) is 0 Å². The Morgan fingerprint density at radius 3 is 2.83 bits per heavy atom. The van der Waals surface area contributed by atoms with Gasteiger partial charge >= 0.3 is 0 Å². The van der Waals surface area contributed by atoms with E-state index in [4.69, 9.17) is 16.0 Å². The molecule has 7 heteroatoms. The fourth-order valence-corrected chi connectivity index (χ4v) is 3.90. The van der Waals surface area contributed by atoms with Gasteiger partial charge in [0.2, 0.25) is 0 Å². The van der Waals surface area contributed by atoms with E-state index in [0.717, 1.165) is 17.6 Å². The average Bonchev–Trinajstić information content (AvgIpc) is 3.48. The van der Waals surface area contributed by atoms with Crippen molar-refractivity contribution in [3.05, 3.63) is 77.6 Å². The molecule has 2 aromatic carbocycles. The molecule has 1 unspecified atom stereocenters. The molecule has 1 atom stereocenters. The minimum atomic E-state index is 0.0305. The molecular weight excluding hydrogens is 388 g/mol. The molecule has 0 radical (unpaired) electrons. The van der Waals surface area contributed by atoms with E-state index < -0.39 is 0 Å². The number of likely N-dealkylation sites (tertiary alicyclic amines) is 1. The van der Waals surface area contributed by atoms with Gasteiger partial charge in [0.15, 0.2) is 5.58 Å². The molecule has 0 aliphatic carbocycles. The van der Waals surface area contributed by atoms with Crippen LogP contribution in [0.3, 0.4) is 0 Å². The molecule has 1 N–H and O–H groups in total. The third kappa shape index (κ3) is 3.47. The highest BCUT2D eigenvalue weighted by Crippen LogP contribution is 2.25. The molecule has 1 aliphatic rings. The summed E-state index contributed by atoms with van der Waals surface area (Å²) in [6, 6.07) is 17.5. The highest BCUT2D eigenvalue weighted by Gasteiger charge is 2.29. The second-order valence-electron chi connectivity index (χ2n) is 7.12. The summed E-state index contributed by atoms with van der Waals surface area (Å²) in [5.74, 6) is 0.0305. The van der Waals surface area contributed by atoms with Crippen molar-refractivity contribution in [3.8, 4) is 5.69 Å². The maximum absolute atomic E-state index is 13.2. The highest BCUT2D eigenvalue weighted by atomic mass is 35.5. The molecule has 6 nitrogen and oxygen atoms in total. The van der Waals surface area contributed by atoms with E-state index in [1.165, 1.54) is 0 Å². The van der Waals surface area contributed by atoms with Crippen molar-refractivity contribution in [2.75, 3.05) is 18.4 Å². The summed E-state index contributed by atoms with van der Waals surface area (Å²) < 4.78 is 7.71. The number of rotatable bonds is 4. The number of benzene rings is 2. The average molecular weight is 407 g/mol. The molecule has 2 aromatic heterocycles. The Morgan fingerprint density at radius 1 is 1.14 bits per heavy atom. The van der Waals surface area contributed by atoms with E-state index in [9.17, 15) is 4.79 Å². The number of aromatic nitrogens is 2. The monoisotopic (exact) mass is 406 g/mol. The van der Waals surface area contributed by atoms with Crippen LogP contribution in [0.1, 0.15) is 16.8 Å². The van der Waals surface area contributed by atoms with Crippen molar-refractivity contribution in [2.45, 2.75) is 12.5 Å². The predicted molar refractivity (Wildman–Crippen MR) is 113 cm³/mol. The zero-order valence-electron chi connectivity index (χ0n) is 15.6. The number of hydrogen-bond donors (Lipinski definition) is 1. The third-order valence-corrected chi connectivity index (χ3v) is 5.41. The predicted octanol–water partition coefficient (Wildman–Crippen LogP) is 4.60. The summed E-state index contributed by atoms with van der Waals surface area (Å²) in [6.45, 7) is 1.28. The molecule has 5 rings (SSSR count). The van der Waals surface area contributed by atoms with Gasteiger partial charge in [0, 0.05) is 42.6 Å². The Balaban J connectivity index is 1.31. The number of nitrogens with zero attached hydrogens (tertiary/aromatic N) is 3. The van der Waals surface area contributed by atoms with Crippen LogP contribution in [0, 0.1) is 0 Å². The number of para-hydroxylation sites is 1. The molecule has 0 bridgehead atoms. The number of carbonyl (C=O) groups excluding carboxylic acids is 1. The number of hydrogen-bond acceptors (Lipinski definition) is 4. The topological polar surface area (TPSA) is 63.3 Å². The van der Waals surface area contributed by atoms with E-state index in [1.54, 1.807) is 12.1 Å². The van der Waals surface area contributed by atoms with Crippen molar-refractivity contribution in [2.24, 2.45) is 0 Å². The lowest BCUT2D eigenvalue weighted by Crippen LogP contribution is -2.32. The Labute approximate surface area is 172 Å². The fraction of sp³-hybridized carbons (Fsp3) is 0.182. The lowest BCUT2D eigenvalue weighted by Gasteiger charge is -2.19. The summed E-state index contributed by atoms with van der Waals surface area (Å²) in [4.78, 5) is 19.5. The van der Waals surface area contributed by atoms with Crippen molar-refractivity contribution in [3.63, 3.8) is 0 Å². The van der Waals surface area contributed by atoms with Crippen LogP contribution in [-0.2, 0) is 0 Å². The zero-order valence-corrected chi connectivity index (χ0v) is 16.3. The first kappa shape index (κ1) is 17.8. The summed E-state index contributed by atoms with van der Waals surface area (Å²) in [7, 11) is 0. The van der Waals surface area contributed by atoms with Gasteiger partial charge in [-0.05, 0) is 42.8 Å². The number of oxazole rings is 1. The smallest absolute Gasteiger partial charge is 0.295 e. The van der Waals surface area contributed by atoms with Crippen LogP contribution in [-0.4, -0.2) is 39.5 Å². The van der Waals surface area contributed by atoms with Gasteiger partial charge in [-0.1, -0.05) is 23.7 Å². The number of halogens is 1. The summed E-state index contributed by atoms with van der Waals surface area (Å²) in [5, 5.41) is 3.92. The minimum absolute atomic E-state index is 0.0305. The van der Waals surface area contributed by atoms with Crippen molar-refractivity contribution >= 4 is 34.6 Å². The SMILES string of the molecule is O=C(c1ccccc1-n1cccc1)N1CCC(Nc2nc3ccc(Cl)cc3o2)C1. The molecule has 4 aromatic rings. The normalized spacial score (nSPS) is 16.4. The largest absolute Gasteiger partial charge is 0.423 e. The molecule has 3 heterocycles. The first-order chi connectivity index (χ1) is 14.2. The second-order valence-corrected chi connectivity index (χ2v) is 7.56. The fourth-order valence-electron chi connectivity index (χ4n) is 3.74. The first-order valence-corrected chi connectivity index (χ1v) is 9.89. The number of fused-ring (bicyclic) bond motifs is 1. The van der Waals surface area contributed by atoms with E-state index >= 15 is 0 Å². The quantitative estimate of drug-likeness (QED) is 0.538. The summed E-state index contributed by atoms with van der Waals surface area (Å²) in [6.07, 6.45) is 4.72. The van der Waals surface area contributed by atoms with E-state index in [2.05, 4.69) is 10.3 Å². The molecule has 1 aliphatic heterocycles. The number of amides is 1. The maximum Gasteiger partial charge on any atom is 0.295 e. The standard InChI is InChI=1S/C22H19ClN4O2/c23-15-7-8-18-20(13-15)29-22(25-18)24-16-9-12-27(14-16)21(28)17-5-1-2-6-19(17)26-10-3-4-11-26/h1-8,10-11,13,16H,9,12,14H2,(H,24,25). The van der Waals surface area contributed by atoms with Gasteiger partial charge in [0.05, 0.1) is 11.3 Å². The Bertz CT molecular complexity index is 1170. The van der Waals surface area contributed by atoms with Gasteiger partial charge in [0.25, 0.3) is 11.9 Å². The van der Waals surface area contributed by atoms with Crippen LogP contribution in [0.5, 0.6) is 0 Å². The molecule has 1 amide bonds.